The first-order chi connectivity index (χ1) is 15.7. The third-order valence-corrected chi connectivity index (χ3v) is 4.76. The lowest BCUT2D eigenvalue weighted by atomic mass is 9.99. The molecule has 2 aromatic rings. The molecule has 0 unspecified atom stereocenters. The van der Waals surface area contributed by atoms with Gasteiger partial charge < -0.3 is 30.7 Å². The zero-order valence-electron chi connectivity index (χ0n) is 17.8. The molecule has 10 heteroatoms. The van der Waals surface area contributed by atoms with Gasteiger partial charge in [-0.25, -0.2) is 4.79 Å². The lowest BCUT2D eigenvalue weighted by molar-refractivity contribution is -0.141. The monoisotopic (exact) mass is 458 g/mol. The maximum absolute atomic E-state index is 12.6. The van der Waals surface area contributed by atoms with Crippen LogP contribution in [0.2, 0.25) is 0 Å². The minimum absolute atomic E-state index is 0.0341. The van der Waals surface area contributed by atoms with Gasteiger partial charge >= 0.3 is 18.0 Å². The van der Waals surface area contributed by atoms with Gasteiger partial charge in [0.15, 0.2) is 0 Å². The average molecular weight is 458 g/mol. The number of ether oxygens (including phenoxy) is 1. The van der Waals surface area contributed by atoms with Crippen LogP contribution in [0.1, 0.15) is 24.0 Å². The SMILES string of the molecule is O=C(O)CC[C@H](NC(=O)OCc1ccccc1)C(=O)NC[C@@H](Cc1ccc(O)cc1)C(=O)O. The van der Waals surface area contributed by atoms with Crippen molar-refractivity contribution >= 4 is 23.9 Å². The Balaban J connectivity index is 1.94. The van der Waals surface area contributed by atoms with Crippen LogP contribution in [0.25, 0.3) is 0 Å². The second-order valence-corrected chi connectivity index (χ2v) is 7.34. The molecule has 0 spiro atoms. The van der Waals surface area contributed by atoms with Crippen LogP contribution in [0.3, 0.4) is 0 Å². The first kappa shape index (κ1) is 25.2. The predicted octanol–water partition coefficient (Wildman–Crippen LogP) is 1.91. The Kier molecular flexibility index (Phi) is 9.69. The number of hydrogen-bond acceptors (Lipinski definition) is 6. The lowest BCUT2D eigenvalue weighted by Crippen LogP contribution is -2.48. The second kappa shape index (κ2) is 12.7. The third-order valence-electron chi connectivity index (χ3n) is 4.76. The van der Waals surface area contributed by atoms with E-state index < -0.39 is 35.9 Å². The van der Waals surface area contributed by atoms with Crippen molar-refractivity contribution in [2.75, 3.05) is 6.54 Å². The largest absolute Gasteiger partial charge is 0.508 e. The van der Waals surface area contributed by atoms with Gasteiger partial charge in [-0.2, -0.15) is 0 Å². The molecule has 0 fully saturated rings. The summed E-state index contributed by atoms with van der Waals surface area (Å²) in [6.45, 7) is -0.271. The molecule has 2 amide bonds. The quantitative estimate of drug-likeness (QED) is 0.322. The number of benzene rings is 2. The Morgan fingerprint density at radius 1 is 0.909 bits per heavy atom. The number of rotatable bonds is 12. The molecule has 5 N–H and O–H groups in total. The number of aromatic hydroxyl groups is 1. The topological polar surface area (TPSA) is 162 Å². The Morgan fingerprint density at radius 2 is 1.58 bits per heavy atom. The summed E-state index contributed by atoms with van der Waals surface area (Å²) in [7, 11) is 0. The minimum Gasteiger partial charge on any atom is -0.508 e. The van der Waals surface area contributed by atoms with E-state index in [1.807, 2.05) is 6.07 Å². The van der Waals surface area contributed by atoms with Gasteiger partial charge in [0.05, 0.1) is 5.92 Å². The number of hydrogen-bond donors (Lipinski definition) is 5. The van der Waals surface area contributed by atoms with Gasteiger partial charge in [-0.15, -0.1) is 0 Å². The van der Waals surface area contributed by atoms with E-state index in [2.05, 4.69) is 10.6 Å². The molecule has 0 aliphatic carbocycles. The van der Waals surface area contributed by atoms with Crippen LogP contribution in [0.5, 0.6) is 5.75 Å². The molecule has 2 aromatic carbocycles. The standard InChI is InChI=1S/C23H26N2O8/c26-18-8-6-15(7-9-18)12-17(22(30)31)13-24-21(29)19(10-11-20(27)28)25-23(32)33-14-16-4-2-1-3-5-16/h1-9,17,19,26H,10-14H2,(H,24,29)(H,25,32)(H,27,28)(H,30,31)/t17-,19+/m1/s1. The smallest absolute Gasteiger partial charge is 0.408 e. The van der Waals surface area contributed by atoms with Crippen molar-refractivity contribution in [3.8, 4) is 5.75 Å². The maximum Gasteiger partial charge on any atom is 0.408 e. The highest BCUT2D eigenvalue weighted by molar-refractivity contribution is 5.86. The van der Waals surface area contributed by atoms with Gasteiger partial charge in [0.1, 0.15) is 18.4 Å². The summed E-state index contributed by atoms with van der Waals surface area (Å²) in [6, 6.07) is 13.7. The fourth-order valence-electron chi connectivity index (χ4n) is 2.95. The van der Waals surface area contributed by atoms with Crippen molar-refractivity contribution in [2.24, 2.45) is 5.92 Å². The van der Waals surface area contributed by atoms with E-state index in [1.165, 1.54) is 12.1 Å². The van der Waals surface area contributed by atoms with Gasteiger partial charge in [0.2, 0.25) is 5.91 Å². The molecule has 0 saturated carbocycles. The highest BCUT2D eigenvalue weighted by atomic mass is 16.5. The summed E-state index contributed by atoms with van der Waals surface area (Å²) in [5.41, 5.74) is 1.39. The van der Waals surface area contributed by atoms with Crippen LogP contribution >= 0.6 is 0 Å². The zero-order valence-corrected chi connectivity index (χ0v) is 17.8. The van der Waals surface area contributed by atoms with Gasteiger partial charge in [0, 0.05) is 13.0 Å². The molecule has 10 nitrogen and oxygen atoms in total. The fraction of sp³-hybridized carbons (Fsp3) is 0.304. The molecule has 0 heterocycles. The Labute approximate surface area is 190 Å². The molecule has 0 aliphatic heterocycles. The number of carboxylic acids is 2. The summed E-state index contributed by atoms with van der Waals surface area (Å²) in [5.74, 6) is -3.93. The average Bonchev–Trinajstić information content (AvgIpc) is 2.79. The highest BCUT2D eigenvalue weighted by Gasteiger charge is 2.25. The molecule has 2 atom stereocenters. The van der Waals surface area contributed by atoms with Gasteiger partial charge in [-0.05, 0) is 36.1 Å². The maximum atomic E-state index is 12.6. The number of amides is 2. The van der Waals surface area contributed by atoms with Crippen LogP contribution in [0, 0.1) is 5.92 Å². The molecule has 0 saturated heterocycles. The number of carboxylic acid groups (broad SMARTS) is 2. The van der Waals surface area contributed by atoms with E-state index in [-0.39, 0.29) is 38.2 Å². The van der Waals surface area contributed by atoms with Crippen LogP contribution in [0.15, 0.2) is 54.6 Å². The van der Waals surface area contributed by atoms with Crippen molar-refractivity contribution < 1.29 is 39.2 Å². The van der Waals surface area contributed by atoms with Gasteiger partial charge in [-0.1, -0.05) is 42.5 Å². The van der Waals surface area contributed by atoms with Crippen LogP contribution in [-0.2, 0) is 32.1 Å². The molecule has 0 radical (unpaired) electrons. The summed E-state index contributed by atoms with van der Waals surface area (Å²) in [4.78, 5) is 47.2. The second-order valence-electron chi connectivity index (χ2n) is 7.34. The molecule has 0 aromatic heterocycles. The van der Waals surface area contributed by atoms with Crippen molar-refractivity contribution in [3.63, 3.8) is 0 Å². The van der Waals surface area contributed by atoms with Gasteiger partial charge in [0.25, 0.3) is 0 Å². The molecular weight excluding hydrogens is 432 g/mol. The Morgan fingerprint density at radius 3 is 2.18 bits per heavy atom. The van der Waals surface area contributed by atoms with E-state index in [0.29, 0.717) is 5.56 Å². The van der Waals surface area contributed by atoms with E-state index >= 15 is 0 Å². The van der Waals surface area contributed by atoms with Crippen molar-refractivity contribution in [1.29, 1.82) is 0 Å². The lowest BCUT2D eigenvalue weighted by Gasteiger charge is -2.19. The van der Waals surface area contributed by atoms with E-state index in [9.17, 15) is 29.4 Å². The minimum atomic E-state index is -1.22. The normalized spacial score (nSPS) is 12.2. The summed E-state index contributed by atoms with van der Waals surface area (Å²) in [6.07, 6.45) is -1.38. The summed E-state index contributed by atoms with van der Waals surface area (Å²) >= 11 is 0. The van der Waals surface area contributed by atoms with E-state index in [0.717, 1.165) is 5.56 Å². The molecule has 176 valence electrons. The highest BCUT2D eigenvalue weighted by Crippen LogP contribution is 2.14. The molecule has 0 bridgehead atoms. The summed E-state index contributed by atoms with van der Waals surface area (Å²) in [5, 5.41) is 32.6. The molecular formula is C23H26N2O8. The predicted molar refractivity (Wildman–Crippen MR) is 116 cm³/mol. The molecule has 2 rings (SSSR count). The Hall–Kier alpha value is -4.08. The number of carbonyl (C=O) groups is 4. The van der Waals surface area contributed by atoms with E-state index in [1.54, 1.807) is 36.4 Å². The van der Waals surface area contributed by atoms with Crippen molar-refractivity contribution in [1.82, 2.24) is 10.6 Å². The molecule has 0 aliphatic rings. The van der Waals surface area contributed by atoms with Crippen molar-refractivity contribution in [3.05, 3.63) is 65.7 Å². The summed E-state index contributed by atoms with van der Waals surface area (Å²) < 4.78 is 5.08. The first-order valence-corrected chi connectivity index (χ1v) is 10.2. The number of phenols is 1. The van der Waals surface area contributed by atoms with Gasteiger partial charge in [-0.3, -0.25) is 14.4 Å². The van der Waals surface area contributed by atoms with E-state index in [4.69, 9.17) is 9.84 Å². The number of carbonyl (C=O) groups excluding carboxylic acids is 2. The van der Waals surface area contributed by atoms with Crippen LogP contribution in [-0.4, -0.2) is 51.8 Å². The third kappa shape index (κ3) is 9.30. The number of nitrogens with one attached hydrogen (secondary N) is 2. The van der Waals surface area contributed by atoms with Crippen LogP contribution in [0.4, 0.5) is 4.79 Å². The first-order valence-electron chi connectivity index (χ1n) is 10.2. The fourth-order valence-corrected chi connectivity index (χ4v) is 2.95. The number of alkyl carbamates (subject to hydrolysis) is 1. The molecule has 33 heavy (non-hydrogen) atoms. The number of aliphatic carboxylic acids is 2. The van der Waals surface area contributed by atoms with Crippen molar-refractivity contribution in [2.45, 2.75) is 31.9 Å². The van der Waals surface area contributed by atoms with Crippen LogP contribution < -0.4 is 10.6 Å². The Bertz CT molecular complexity index is 947. The number of phenolic OH excluding ortho intramolecular Hbond substituents is 1. The zero-order chi connectivity index (χ0) is 24.2.